The van der Waals surface area contributed by atoms with E-state index in [1.165, 1.54) is 24.3 Å². The smallest absolute Gasteiger partial charge is 0.264 e. The zero-order valence-corrected chi connectivity index (χ0v) is 14.7. The number of anilines is 1. The van der Waals surface area contributed by atoms with Crippen LogP contribution in [0.5, 0.6) is 0 Å². The van der Waals surface area contributed by atoms with Gasteiger partial charge in [-0.25, -0.2) is 13.1 Å². The number of fused-ring (bicyclic) bond motifs is 2. The van der Waals surface area contributed by atoms with E-state index in [-0.39, 0.29) is 16.7 Å². The van der Waals surface area contributed by atoms with Gasteiger partial charge in [-0.1, -0.05) is 12.2 Å². The van der Waals surface area contributed by atoms with Crippen LogP contribution in [0.4, 0.5) is 5.69 Å². The quantitative estimate of drug-likeness (QED) is 0.673. The lowest BCUT2D eigenvalue weighted by atomic mass is 9.82. The third-order valence-corrected chi connectivity index (χ3v) is 6.19. The van der Waals surface area contributed by atoms with Gasteiger partial charge < -0.3 is 15.2 Å². The number of nitrogens with one attached hydrogen (secondary N) is 2. The number of carbonyl (C=O) groups excluding carboxylic acids is 3. The molecule has 1 saturated carbocycles. The van der Waals surface area contributed by atoms with Gasteiger partial charge >= 0.3 is 0 Å². The molecule has 26 heavy (non-hydrogen) atoms. The van der Waals surface area contributed by atoms with E-state index < -0.39 is 39.6 Å². The SMILES string of the molecule is CC(=O)NS(=O)(=O)c1ccc(NC(=O)[C@H]2[C@@H](C(=O)[O-])[C@H]3C=C[C@@H]2C3)cc1. The van der Waals surface area contributed by atoms with Crippen molar-refractivity contribution in [1.29, 1.82) is 0 Å². The van der Waals surface area contributed by atoms with Crippen LogP contribution in [-0.2, 0) is 24.4 Å². The third kappa shape index (κ3) is 3.34. The van der Waals surface area contributed by atoms with Gasteiger partial charge in [0.25, 0.3) is 10.0 Å². The summed E-state index contributed by atoms with van der Waals surface area (Å²) in [6, 6.07) is 5.25. The number of carboxylic acid groups (broad SMARTS) is 1. The number of rotatable bonds is 5. The van der Waals surface area contributed by atoms with Crippen molar-refractivity contribution in [3.8, 4) is 0 Å². The fraction of sp³-hybridized carbons (Fsp3) is 0.353. The molecule has 0 spiro atoms. The van der Waals surface area contributed by atoms with Gasteiger partial charge in [0.15, 0.2) is 0 Å². The molecule has 2 aliphatic carbocycles. The topological polar surface area (TPSA) is 132 Å². The summed E-state index contributed by atoms with van der Waals surface area (Å²) in [7, 11) is -3.95. The summed E-state index contributed by atoms with van der Waals surface area (Å²) in [6.45, 7) is 1.09. The molecule has 0 unspecified atom stereocenters. The maximum Gasteiger partial charge on any atom is 0.264 e. The lowest BCUT2D eigenvalue weighted by molar-refractivity contribution is -0.313. The fourth-order valence-electron chi connectivity index (χ4n) is 3.69. The van der Waals surface area contributed by atoms with Crippen LogP contribution in [0.3, 0.4) is 0 Å². The van der Waals surface area contributed by atoms with Crippen molar-refractivity contribution in [3.05, 3.63) is 36.4 Å². The highest BCUT2D eigenvalue weighted by atomic mass is 32.2. The minimum Gasteiger partial charge on any atom is -0.550 e. The fourth-order valence-corrected chi connectivity index (χ4v) is 4.68. The number of hydrogen-bond acceptors (Lipinski definition) is 6. The summed E-state index contributed by atoms with van der Waals surface area (Å²) < 4.78 is 25.6. The molecule has 138 valence electrons. The number of hydrogen-bond donors (Lipinski definition) is 2. The molecule has 1 aromatic rings. The van der Waals surface area contributed by atoms with E-state index in [9.17, 15) is 27.9 Å². The van der Waals surface area contributed by atoms with E-state index in [4.69, 9.17) is 0 Å². The zero-order valence-electron chi connectivity index (χ0n) is 13.8. The first-order valence-corrected chi connectivity index (χ1v) is 9.51. The van der Waals surface area contributed by atoms with Gasteiger partial charge in [0.2, 0.25) is 11.8 Å². The van der Waals surface area contributed by atoms with Gasteiger partial charge in [0.05, 0.1) is 10.8 Å². The van der Waals surface area contributed by atoms with Crippen LogP contribution in [0.25, 0.3) is 0 Å². The zero-order chi connectivity index (χ0) is 19.1. The van der Waals surface area contributed by atoms with Crippen LogP contribution in [0.1, 0.15) is 13.3 Å². The Morgan fingerprint density at radius 2 is 1.62 bits per heavy atom. The Bertz CT molecular complexity index is 890. The first-order chi connectivity index (χ1) is 12.2. The van der Waals surface area contributed by atoms with E-state index in [1.807, 2.05) is 16.9 Å². The number of allylic oxidation sites excluding steroid dienone is 2. The van der Waals surface area contributed by atoms with Gasteiger partial charge in [-0.05, 0) is 42.5 Å². The summed E-state index contributed by atoms with van der Waals surface area (Å²) in [5.74, 6) is -4.28. The van der Waals surface area contributed by atoms with Crippen LogP contribution in [0.2, 0.25) is 0 Å². The van der Waals surface area contributed by atoms with Crippen LogP contribution >= 0.6 is 0 Å². The molecule has 9 heteroatoms. The van der Waals surface area contributed by atoms with Crippen LogP contribution in [-0.4, -0.2) is 26.2 Å². The van der Waals surface area contributed by atoms with Crippen LogP contribution in [0, 0.1) is 23.7 Å². The molecule has 4 atom stereocenters. The van der Waals surface area contributed by atoms with Crippen molar-refractivity contribution in [2.75, 3.05) is 5.32 Å². The second-order valence-corrected chi connectivity index (χ2v) is 8.18. The molecule has 0 radical (unpaired) electrons. The molecule has 2 amide bonds. The first-order valence-electron chi connectivity index (χ1n) is 8.02. The molecule has 0 aliphatic heterocycles. The summed E-state index contributed by atoms with van der Waals surface area (Å²) in [6.07, 6.45) is 4.29. The van der Waals surface area contributed by atoms with Gasteiger partial charge in [-0.15, -0.1) is 0 Å². The van der Waals surface area contributed by atoms with Crippen molar-refractivity contribution in [1.82, 2.24) is 4.72 Å². The summed E-state index contributed by atoms with van der Waals surface area (Å²) >= 11 is 0. The Morgan fingerprint density at radius 3 is 2.15 bits per heavy atom. The predicted molar refractivity (Wildman–Crippen MR) is 88.8 cm³/mol. The Balaban J connectivity index is 1.73. The normalized spacial score (nSPS) is 26.5. The molecule has 0 aromatic heterocycles. The molecule has 8 nitrogen and oxygen atoms in total. The van der Waals surface area contributed by atoms with E-state index in [0.29, 0.717) is 12.1 Å². The standard InChI is InChI=1S/C17H18N2O6S/c1-9(20)19-26(24,25)13-6-4-12(5-7-13)18-16(21)14-10-2-3-11(8-10)15(14)17(22)23/h2-7,10-11,14-15H,8H2,1H3,(H,18,21)(H,19,20)(H,22,23)/p-1/t10-,11+,14-,15+/m1/s1. The average Bonchev–Trinajstić information content (AvgIpc) is 3.15. The molecule has 2 bridgehead atoms. The first kappa shape index (κ1) is 18.1. The molecule has 0 saturated heterocycles. The minimum atomic E-state index is -3.95. The maximum absolute atomic E-state index is 12.5. The Kier molecular flexibility index (Phi) is 4.57. The second kappa shape index (κ2) is 6.56. The lowest BCUT2D eigenvalue weighted by Gasteiger charge is -2.27. The summed E-state index contributed by atoms with van der Waals surface area (Å²) in [5, 5.41) is 14.0. The molecular weight excluding hydrogens is 360 g/mol. The summed E-state index contributed by atoms with van der Waals surface area (Å²) in [5.41, 5.74) is 0.334. The van der Waals surface area contributed by atoms with Gasteiger partial charge in [0, 0.05) is 24.5 Å². The Morgan fingerprint density at radius 1 is 1.04 bits per heavy atom. The average molecular weight is 377 g/mol. The number of carboxylic acids is 1. The maximum atomic E-state index is 12.5. The Labute approximate surface area is 150 Å². The molecular formula is C17H17N2O6S-. The number of aliphatic carboxylic acids is 1. The molecule has 3 rings (SSSR count). The van der Waals surface area contributed by atoms with Gasteiger partial charge in [0.1, 0.15) is 0 Å². The number of carbonyl (C=O) groups is 3. The van der Waals surface area contributed by atoms with E-state index in [2.05, 4.69) is 5.32 Å². The largest absolute Gasteiger partial charge is 0.550 e. The second-order valence-electron chi connectivity index (χ2n) is 6.49. The van der Waals surface area contributed by atoms with Crippen LogP contribution < -0.4 is 15.1 Å². The monoisotopic (exact) mass is 377 g/mol. The van der Waals surface area contributed by atoms with Crippen molar-refractivity contribution >= 4 is 33.5 Å². The summed E-state index contributed by atoms with van der Waals surface area (Å²) in [4.78, 5) is 34.7. The third-order valence-electron chi connectivity index (χ3n) is 4.74. The number of sulfonamides is 1. The molecule has 0 heterocycles. The predicted octanol–water partition coefficient (Wildman–Crippen LogP) is -0.362. The molecule has 2 N–H and O–H groups in total. The highest BCUT2D eigenvalue weighted by Gasteiger charge is 2.48. The van der Waals surface area contributed by atoms with Crippen molar-refractivity contribution in [2.45, 2.75) is 18.2 Å². The minimum absolute atomic E-state index is 0.124. The van der Waals surface area contributed by atoms with Crippen molar-refractivity contribution in [3.63, 3.8) is 0 Å². The van der Waals surface area contributed by atoms with Crippen LogP contribution in [0.15, 0.2) is 41.3 Å². The molecule has 2 aliphatic rings. The highest BCUT2D eigenvalue weighted by molar-refractivity contribution is 7.90. The van der Waals surface area contributed by atoms with Gasteiger partial charge in [-0.2, -0.15) is 0 Å². The number of amides is 2. The van der Waals surface area contributed by atoms with Crippen molar-refractivity contribution < 1.29 is 27.9 Å². The Hall–Kier alpha value is -2.68. The van der Waals surface area contributed by atoms with E-state index >= 15 is 0 Å². The highest BCUT2D eigenvalue weighted by Crippen LogP contribution is 2.48. The van der Waals surface area contributed by atoms with Crippen molar-refractivity contribution in [2.24, 2.45) is 23.7 Å². The molecule has 1 fully saturated rings. The lowest BCUT2D eigenvalue weighted by Crippen LogP contribution is -2.42. The van der Waals surface area contributed by atoms with E-state index in [0.717, 1.165) is 6.92 Å². The van der Waals surface area contributed by atoms with E-state index in [1.54, 1.807) is 0 Å². The number of benzene rings is 1. The molecule has 1 aromatic carbocycles. The van der Waals surface area contributed by atoms with Gasteiger partial charge in [-0.3, -0.25) is 9.59 Å².